The van der Waals surface area contributed by atoms with Crippen molar-refractivity contribution in [2.75, 3.05) is 0 Å². The average Bonchev–Trinajstić information content (AvgIpc) is 3.08. The third-order valence-electron chi connectivity index (χ3n) is 3.52. The molecule has 3 aromatic rings. The van der Waals surface area contributed by atoms with Gasteiger partial charge < -0.3 is 4.57 Å². The summed E-state index contributed by atoms with van der Waals surface area (Å²) < 4.78 is 5.27. The Hall–Kier alpha value is -1.88. The lowest BCUT2D eigenvalue weighted by atomic mass is 10.2. The van der Waals surface area contributed by atoms with Crippen LogP contribution in [0.5, 0.6) is 0 Å². The first-order chi connectivity index (χ1) is 10.2. The second-order valence-electron chi connectivity index (χ2n) is 4.91. The number of hydrogen-bond acceptors (Lipinski definition) is 2. The van der Waals surface area contributed by atoms with Gasteiger partial charge in [0.25, 0.3) is 0 Å². The van der Waals surface area contributed by atoms with E-state index in [1.165, 1.54) is 5.69 Å². The van der Waals surface area contributed by atoms with Crippen molar-refractivity contribution in [2.45, 2.75) is 26.9 Å². The summed E-state index contributed by atoms with van der Waals surface area (Å²) >= 11 is 3.65. The first-order valence-corrected chi connectivity index (χ1v) is 7.78. The zero-order valence-corrected chi connectivity index (χ0v) is 13.7. The summed E-state index contributed by atoms with van der Waals surface area (Å²) in [7, 11) is 0. The molecule has 0 radical (unpaired) electrons. The van der Waals surface area contributed by atoms with Crippen molar-refractivity contribution in [3.8, 4) is 11.4 Å². The Balaban J connectivity index is 1.99. The van der Waals surface area contributed by atoms with Crippen LogP contribution in [0.15, 0.2) is 47.2 Å². The molecule has 2 heterocycles. The highest BCUT2D eigenvalue weighted by Gasteiger charge is 2.14. The Labute approximate surface area is 132 Å². The Morgan fingerprint density at radius 2 is 1.95 bits per heavy atom. The number of aryl methyl sites for hydroxylation is 2. The number of benzene rings is 1. The van der Waals surface area contributed by atoms with E-state index in [1.54, 1.807) is 0 Å². The highest BCUT2D eigenvalue weighted by atomic mass is 79.9. The van der Waals surface area contributed by atoms with Crippen LogP contribution in [-0.2, 0) is 13.1 Å². The van der Waals surface area contributed by atoms with E-state index in [9.17, 15) is 0 Å². The van der Waals surface area contributed by atoms with Crippen molar-refractivity contribution in [3.05, 3.63) is 58.6 Å². The highest BCUT2D eigenvalue weighted by molar-refractivity contribution is 9.10. The van der Waals surface area contributed by atoms with Gasteiger partial charge >= 0.3 is 0 Å². The van der Waals surface area contributed by atoms with Crippen molar-refractivity contribution in [1.29, 1.82) is 0 Å². The van der Waals surface area contributed by atoms with Gasteiger partial charge in [-0.25, -0.2) is 4.98 Å². The monoisotopic (exact) mass is 344 g/mol. The van der Waals surface area contributed by atoms with Gasteiger partial charge in [0.15, 0.2) is 0 Å². The zero-order valence-electron chi connectivity index (χ0n) is 12.1. The second-order valence-corrected chi connectivity index (χ2v) is 5.70. The van der Waals surface area contributed by atoms with E-state index < -0.39 is 0 Å². The normalized spacial score (nSPS) is 11.0. The molecule has 0 bridgehead atoms. The van der Waals surface area contributed by atoms with Crippen molar-refractivity contribution in [1.82, 2.24) is 19.3 Å². The molecule has 0 unspecified atom stereocenters. The molecule has 4 nitrogen and oxygen atoms in total. The van der Waals surface area contributed by atoms with Gasteiger partial charge in [0, 0.05) is 24.5 Å². The summed E-state index contributed by atoms with van der Waals surface area (Å²) in [5, 5.41) is 4.55. The van der Waals surface area contributed by atoms with E-state index in [2.05, 4.69) is 49.6 Å². The molecule has 0 saturated heterocycles. The molecular formula is C16H17BrN4. The molecule has 0 atom stereocenters. The van der Waals surface area contributed by atoms with Gasteiger partial charge in [0.1, 0.15) is 5.82 Å². The standard InChI is InChI=1S/C16H17BrN4/c1-3-21-14(15(17)12(2)19-21)11-20-10-9-18-16(20)13-7-5-4-6-8-13/h4-10H,3,11H2,1-2H3. The summed E-state index contributed by atoms with van der Waals surface area (Å²) in [4.78, 5) is 4.49. The number of nitrogens with zero attached hydrogens (tertiary/aromatic N) is 4. The molecule has 0 spiro atoms. The quantitative estimate of drug-likeness (QED) is 0.719. The van der Waals surface area contributed by atoms with E-state index in [1.807, 2.05) is 42.2 Å². The Kier molecular flexibility index (Phi) is 3.92. The van der Waals surface area contributed by atoms with E-state index in [-0.39, 0.29) is 0 Å². The van der Waals surface area contributed by atoms with Crippen LogP contribution in [0.2, 0.25) is 0 Å². The maximum absolute atomic E-state index is 4.55. The summed E-state index contributed by atoms with van der Waals surface area (Å²) in [5.74, 6) is 0.976. The number of imidazole rings is 1. The second kappa shape index (κ2) is 5.85. The fraction of sp³-hybridized carbons (Fsp3) is 0.250. The van der Waals surface area contributed by atoms with E-state index in [0.29, 0.717) is 0 Å². The number of hydrogen-bond donors (Lipinski definition) is 0. The molecule has 1 aromatic carbocycles. The van der Waals surface area contributed by atoms with Crippen molar-refractivity contribution < 1.29 is 0 Å². The Morgan fingerprint density at radius 3 is 2.67 bits per heavy atom. The molecule has 2 aromatic heterocycles. The van der Waals surface area contributed by atoms with Gasteiger partial charge in [0.2, 0.25) is 0 Å². The third kappa shape index (κ3) is 2.65. The summed E-state index contributed by atoms with van der Waals surface area (Å²) in [6, 6.07) is 10.2. The number of halogens is 1. The minimum Gasteiger partial charge on any atom is -0.325 e. The van der Waals surface area contributed by atoms with Gasteiger partial charge in [-0.2, -0.15) is 5.10 Å². The smallest absolute Gasteiger partial charge is 0.140 e. The predicted octanol–water partition coefficient (Wildman–Crippen LogP) is 3.89. The molecule has 0 aliphatic heterocycles. The lowest BCUT2D eigenvalue weighted by Crippen LogP contribution is -2.09. The maximum Gasteiger partial charge on any atom is 0.140 e. The molecule has 0 amide bonds. The van der Waals surface area contributed by atoms with Crippen LogP contribution in [0.4, 0.5) is 0 Å². The van der Waals surface area contributed by atoms with E-state index >= 15 is 0 Å². The predicted molar refractivity (Wildman–Crippen MR) is 87.1 cm³/mol. The average molecular weight is 345 g/mol. The van der Waals surface area contributed by atoms with E-state index in [0.717, 1.165) is 34.6 Å². The lowest BCUT2D eigenvalue weighted by Gasteiger charge is -2.10. The first kappa shape index (κ1) is 14.1. The molecule has 5 heteroatoms. The largest absolute Gasteiger partial charge is 0.325 e. The molecular weight excluding hydrogens is 328 g/mol. The number of aromatic nitrogens is 4. The van der Waals surface area contributed by atoms with Crippen LogP contribution in [0.3, 0.4) is 0 Å². The van der Waals surface area contributed by atoms with E-state index in [4.69, 9.17) is 0 Å². The minimum atomic E-state index is 0.749. The van der Waals surface area contributed by atoms with Gasteiger partial charge in [-0.05, 0) is 29.8 Å². The van der Waals surface area contributed by atoms with Crippen molar-refractivity contribution in [3.63, 3.8) is 0 Å². The lowest BCUT2D eigenvalue weighted by molar-refractivity contribution is 0.597. The fourth-order valence-electron chi connectivity index (χ4n) is 2.47. The molecule has 0 aliphatic carbocycles. The maximum atomic E-state index is 4.55. The molecule has 0 fully saturated rings. The van der Waals surface area contributed by atoms with Gasteiger partial charge in [-0.1, -0.05) is 30.3 Å². The van der Waals surface area contributed by atoms with Gasteiger partial charge in [-0.3, -0.25) is 4.68 Å². The van der Waals surface area contributed by atoms with Crippen LogP contribution < -0.4 is 0 Å². The van der Waals surface area contributed by atoms with Crippen molar-refractivity contribution >= 4 is 15.9 Å². The summed E-state index contributed by atoms with van der Waals surface area (Å²) in [6.07, 6.45) is 3.85. The highest BCUT2D eigenvalue weighted by Crippen LogP contribution is 2.24. The van der Waals surface area contributed by atoms with Crippen LogP contribution in [0, 0.1) is 6.92 Å². The van der Waals surface area contributed by atoms with Crippen LogP contribution in [0.1, 0.15) is 18.3 Å². The molecule has 0 N–H and O–H groups in total. The SMILES string of the molecule is CCn1nc(C)c(Br)c1Cn1ccnc1-c1ccccc1. The van der Waals surface area contributed by atoms with Crippen LogP contribution in [0.25, 0.3) is 11.4 Å². The Bertz CT molecular complexity index is 743. The van der Waals surface area contributed by atoms with Crippen molar-refractivity contribution in [2.24, 2.45) is 0 Å². The molecule has 0 aliphatic rings. The molecule has 3 rings (SSSR count). The fourth-order valence-corrected chi connectivity index (χ4v) is 2.88. The topological polar surface area (TPSA) is 35.6 Å². The van der Waals surface area contributed by atoms with Gasteiger partial charge in [0.05, 0.1) is 22.4 Å². The first-order valence-electron chi connectivity index (χ1n) is 6.99. The number of rotatable bonds is 4. The summed E-state index contributed by atoms with van der Waals surface area (Å²) in [5.41, 5.74) is 3.32. The molecule has 0 saturated carbocycles. The van der Waals surface area contributed by atoms with Crippen LogP contribution >= 0.6 is 15.9 Å². The molecule has 21 heavy (non-hydrogen) atoms. The zero-order chi connectivity index (χ0) is 14.8. The Morgan fingerprint density at radius 1 is 1.19 bits per heavy atom. The summed E-state index contributed by atoms with van der Waals surface area (Å²) in [6.45, 7) is 5.73. The molecule has 108 valence electrons. The van der Waals surface area contributed by atoms with Gasteiger partial charge in [-0.15, -0.1) is 0 Å². The minimum absolute atomic E-state index is 0.749. The van der Waals surface area contributed by atoms with Crippen LogP contribution in [-0.4, -0.2) is 19.3 Å². The third-order valence-corrected chi connectivity index (χ3v) is 4.55.